The minimum absolute atomic E-state index is 0.00433. The Morgan fingerprint density at radius 3 is 2.45 bits per heavy atom. The normalized spacial score (nSPS) is 18.8. The first-order valence-corrected chi connectivity index (χ1v) is 12.0. The summed E-state index contributed by atoms with van der Waals surface area (Å²) in [5.41, 5.74) is 0.479. The molecule has 0 radical (unpaired) electrons. The number of amides is 4. The van der Waals surface area contributed by atoms with E-state index in [0.717, 1.165) is 23.3 Å². The number of hydrogen-bond donors (Lipinski definition) is 2. The van der Waals surface area contributed by atoms with Crippen LogP contribution in [0.1, 0.15) is 56.6 Å². The third kappa shape index (κ3) is 5.50. The van der Waals surface area contributed by atoms with E-state index < -0.39 is 23.4 Å². The molecule has 8 heteroatoms. The van der Waals surface area contributed by atoms with Gasteiger partial charge in [0.05, 0.1) is 0 Å². The molecule has 2 N–H and O–H groups in total. The molecule has 0 saturated carbocycles. The lowest BCUT2D eigenvalue weighted by Gasteiger charge is -2.27. The van der Waals surface area contributed by atoms with Gasteiger partial charge in [0.2, 0.25) is 5.91 Å². The molecule has 0 aliphatic carbocycles. The molecule has 6 nitrogen and oxygen atoms in total. The average molecular weight is 490 g/mol. The van der Waals surface area contributed by atoms with Crippen molar-refractivity contribution in [3.63, 3.8) is 0 Å². The number of carbonyl (C=O) groups excluding carboxylic acids is 3. The molecule has 0 bridgehead atoms. The number of benzene rings is 2. The summed E-state index contributed by atoms with van der Waals surface area (Å²) >= 11 is 12.4. The fourth-order valence-corrected chi connectivity index (χ4v) is 4.92. The number of hydrogen-bond acceptors (Lipinski definition) is 3. The Morgan fingerprint density at radius 1 is 1.09 bits per heavy atom. The van der Waals surface area contributed by atoms with E-state index in [1.165, 1.54) is 0 Å². The Balaban J connectivity index is 1.70. The lowest BCUT2D eigenvalue weighted by molar-refractivity contribution is -0.135. The number of halogens is 2. The summed E-state index contributed by atoms with van der Waals surface area (Å²) in [4.78, 5) is 39.8. The lowest BCUT2D eigenvalue weighted by atomic mass is 9.85. The molecule has 0 aromatic heterocycles. The van der Waals surface area contributed by atoms with E-state index in [1.807, 2.05) is 43.3 Å². The zero-order valence-electron chi connectivity index (χ0n) is 18.9. The third-order valence-electron chi connectivity index (χ3n) is 5.95. The van der Waals surface area contributed by atoms with Crippen LogP contribution in [0.2, 0.25) is 10.0 Å². The van der Waals surface area contributed by atoms with Crippen molar-refractivity contribution >= 4 is 41.0 Å². The maximum Gasteiger partial charge on any atom is 0.325 e. The maximum atomic E-state index is 13.3. The molecular formula is C25H29Cl2N3O3. The molecule has 3 rings (SSSR count). The van der Waals surface area contributed by atoms with Crippen LogP contribution in [-0.2, 0) is 15.1 Å². The first-order valence-electron chi connectivity index (χ1n) is 11.2. The van der Waals surface area contributed by atoms with E-state index in [4.69, 9.17) is 23.2 Å². The van der Waals surface area contributed by atoms with Crippen molar-refractivity contribution in [2.75, 3.05) is 13.1 Å². The van der Waals surface area contributed by atoms with Gasteiger partial charge in [-0.25, -0.2) is 4.79 Å². The van der Waals surface area contributed by atoms with Crippen molar-refractivity contribution in [3.05, 3.63) is 69.7 Å². The molecular weight excluding hydrogens is 461 g/mol. The molecule has 33 heavy (non-hydrogen) atoms. The van der Waals surface area contributed by atoms with Gasteiger partial charge in [-0.3, -0.25) is 14.5 Å². The van der Waals surface area contributed by atoms with Crippen molar-refractivity contribution in [1.82, 2.24) is 15.5 Å². The molecule has 2 atom stereocenters. The van der Waals surface area contributed by atoms with E-state index >= 15 is 0 Å². The van der Waals surface area contributed by atoms with Crippen molar-refractivity contribution in [2.45, 2.75) is 51.0 Å². The van der Waals surface area contributed by atoms with Crippen LogP contribution in [0.25, 0.3) is 0 Å². The summed E-state index contributed by atoms with van der Waals surface area (Å²) in [7, 11) is 0. The van der Waals surface area contributed by atoms with Gasteiger partial charge in [0.1, 0.15) is 12.1 Å². The molecule has 1 heterocycles. The van der Waals surface area contributed by atoms with E-state index in [0.29, 0.717) is 35.0 Å². The van der Waals surface area contributed by atoms with Gasteiger partial charge in [0.25, 0.3) is 5.91 Å². The number of nitrogens with one attached hydrogen (secondary N) is 2. The zero-order valence-corrected chi connectivity index (χ0v) is 20.4. The number of carbonyl (C=O) groups is 3. The first-order chi connectivity index (χ1) is 15.8. The summed E-state index contributed by atoms with van der Waals surface area (Å²) in [5, 5.41) is 6.82. The van der Waals surface area contributed by atoms with Crippen LogP contribution in [0.4, 0.5) is 4.79 Å². The van der Waals surface area contributed by atoms with Crippen LogP contribution in [0, 0.1) is 0 Å². The van der Waals surface area contributed by atoms with Gasteiger partial charge < -0.3 is 10.6 Å². The summed E-state index contributed by atoms with van der Waals surface area (Å²) in [5.74, 6) is -0.804. The van der Waals surface area contributed by atoms with Gasteiger partial charge >= 0.3 is 6.03 Å². The smallest absolute Gasteiger partial charge is 0.325 e. The molecule has 2 aromatic rings. The second-order valence-electron chi connectivity index (χ2n) is 8.30. The van der Waals surface area contributed by atoms with Gasteiger partial charge in [0.15, 0.2) is 0 Å². The number of nitrogens with zero attached hydrogens (tertiary/aromatic N) is 1. The molecule has 2 aromatic carbocycles. The topological polar surface area (TPSA) is 78.5 Å². The monoisotopic (exact) mass is 489 g/mol. The highest BCUT2D eigenvalue weighted by Gasteiger charge is 2.52. The number of imide groups is 1. The number of rotatable bonds is 10. The van der Waals surface area contributed by atoms with Crippen LogP contribution in [0.5, 0.6) is 0 Å². The van der Waals surface area contributed by atoms with Crippen molar-refractivity contribution in [1.29, 1.82) is 0 Å². The highest BCUT2D eigenvalue weighted by Crippen LogP contribution is 2.34. The quantitative estimate of drug-likeness (QED) is 0.447. The molecule has 1 saturated heterocycles. The van der Waals surface area contributed by atoms with Crippen LogP contribution in [0.3, 0.4) is 0 Å². The summed E-state index contributed by atoms with van der Waals surface area (Å²) < 4.78 is 0. The van der Waals surface area contributed by atoms with E-state index in [2.05, 4.69) is 17.6 Å². The Hall–Kier alpha value is -2.57. The molecule has 4 amide bonds. The Morgan fingerprint density at radius 2 is 1.82 bits per heavy atom. The van der Waals surface area contributed by atoms with Gasteiger partial charge in [-0.1, -0.05) is 86.3 Å². The highest BCUT2D eigenvalue weighted by molar-refractivity contribution is 6.35. The summed E-state index contributed by atoms with van der Waals surface area (Å²) in [6, 6.07) is 13.9. The van der Waals surface area contributed by atoms with E-state index in [9.17, 15) is 14.4 Å². The Bertz CT molecular complexity index is 1020. The average Bonchev–Trinajstić information content (AvgIpc) is 3.03. The van der Waals surface area contributed by atoms with Crippen LogP contribution >= 0.6 is 23.2 Å². The molecule has 0 spiro atoms. The molecule has 176 valence electrons. The van der Waals surface area contributed by atoms with Gasteiger partial charge in [-0.15, -0.1) is 0 Å². The molecule has 1 fully saturated rings. The maximum absolute atomic E-state index is 13.3. The van der Waals surface area contributed by atoms with Crippen LogP contribution in [0.15, 0.2) is 48.5 Å². The fraction of sp³-hybridized carbons (Fsp3) is 0.400. The van der Waals surface area contributed by atoms with Crippen molar-refractivity contribution in [3.8, 4) is 0 Å². The minimum Gasteiger partial charge on any atom is -0.354 e. The Labute approximate surface area is 204 Å². The lowest BCUT2D eigenvalue weighted by Crippen LogP contribution is -2.45. The SMILES string of the molecule is CCC[C@@H](CNC(=O)CN1C(=O)N[C@](CCC)(c2ccccc2)C1=O)c1ccc(Cl)cc1Cl. The Kier molecular flexibility index (Phi) is 8.38. The standard InChI is InChI=1S/C25H29Cl2N3O3/c1-3-8-17(20-12-11-19(26)14-21(20)27)15-28-22(31)16-30-23(32)25(13-4-2,29-24(30)33)18-9-6-5-7-10-18/h5-7,9-12,14,17H,3-4,8,13,15-16H2,1-2H3,(H,28,31)(H,29,33)/t17-,25+/m0/s1. The van der Waals surface area contributed by atoms with Gasteiger partial charge in [-0.05, 0) is 36.1 Å². The largest absolute Gasteiger partial charge is 0.354 e. The second kappa shape index (κ2) is 11.0. The van der Waals surface area contributed by atoms with Crippen molar-refractivity contribution in [2.24, 2.45) is 0 Å². The number of urea groups is 1. The van der Waals surface area contributed by atoms with E-state index in [1.54, 1.807) is 12.1 Å². The molecule has 1 aliphatic rings. The summed E-state index contributed by atoms with van der Waals surface area (Å²) in [6.45, 7) is 4.02. The highest BCUT2D eigenvalue weighted by atomic mass is 35.5. The third-order valence-corrected chi connectivity index (χ3v) is 6.52. The van der Waals surface area contributed by atoms with Gasteiger partial charge in [0, 0.05) is 22.5 Å². The summed E-state index contributed by atoms with van der Waals surface area (Å²) in [6.07, 6.45) is 2.87. The van der Waals surface area contributed by atoms with Crippen molar-refractivity contribution < 1.29 is 14.4 Å². The predicted octanol–water partition coefficient (Wildman–Crippen LogP) is 5.24. The zero-order chi connectivity index (χ0) is 24.0. The molecule has 1 aliphatic heterocycles. The van der Waals surface area contributed by atoms with Crippen LogP contribution < -0.4 is 10.6 Å². The van der Waals surface area contributed by atoms with E-state index in [-0.39, 0.29) is 12.5 Å². The predicted molar refractivity (Wildman–Crippen MR) is 130 cm³/mol. The van der Waals surface area contributed by atoms with Crippen LogP contribution in [-0.4, -0.2) is 35.8 Å². The first kappa shape index (κ1) is 25.1. The van der Waals surface area contributed by atoms with Gasteiger partial charge in [-0.2, -0.15) is 0 Å². The molecule has 0 unspecified atom stereocenters. The second-order valence-corrected chi connectivity index (χ2v) is 9.14. The minimum atomic E-state index is -1.14. The fourth-order valence-electron chi connectivity index (χ4n) is 4.36.